The number of carbonyl (C=O) groups is 1. The van der Waals surface area contributed by atoms with E-state index in [9.17, 15) is 13.6 Å². The Morgan fingerprint density at radius 2 is 1.88 bits per heavy atom. The number of nitrogens with zero attached hydrogens (tertiary/aromatic N) is 1. The van der Waals surface area contributed by atoms with Gasteiger partial charge in [-0.15, -0.1) is 0 Å². The SMILES string of the molecule is COc1ccc(Br)c(C(=O)NCC(c2c(F)cccc2F)N(C)C)c1. The van der Waals surface area contributed by atoms with E-state index in [-0.39, 0.29) is 18.0 Å². The summed E-state index contributed by atoms with van der Waals surface area (Å²) in [5.74, 6) is -1.11. The van der Waals surface area contributed by atoms with Crippen molar-refractivity contribution in [2.24, 2.45) is 0 Å². The zero-order valence-electron chi connectivity index (χ0n) is 14.1. The lowest BCUT2D eigenvalue weighted by Crippen LogP contribution is -2.35. The summed E-state index contributed by atoms with van der Waals surface area (Å²) in [4.78, 5) is 14.1. The lowest BCUT2D eigenvalue weighted by atomic mass is 10.0. The van der Waals surface area contributed by atoms with Gasteiger partial charge in [-0.3, -0.25) is 4.79 Å². The molecule has 1 unspecified atom stereocenters. The molecule has 25 heavy (non-hydrogen) atoms. The number of halogens is 3. The largest absolute Gasteiger partial charge is 0.497 e. The van der Waals surface area contributed by atoms with Crippen molar-refractivity contribution in [3.63, 3.8) is 0 Å². The molecule has 7 heteroatoms. The van der Waals surface area contributed by atoms with E-state index in [4.69, 9.17) is 4.74 Å². The van der Waals surface area contributed by atoms with Crippen LogP contribution in [0.2, 0.25) is 0 Å². The molecule has 0 saturated carbocycles. The quantitative estimate of drug-likeness (QED) is 0.784. The lowest BCUT2D eigenvalue weighted by molar-refractivity contribution is 0.0939. The van der Waals surface area contributed by atoms with Crippen LogP contribution in [0.1, 0.15) is 22.0 Å². The van der Waals surface area contributed by atoms with Crippen molar-refractivity contribution < 1.29 is 18.3 Å². The van der Waals surface area contributed by atoms with Crippen molar-refractivity contribution in [1.29, 1.82) is 0 Å². The van der Waals surface area contributed by atoms with Gasteiger partial charge in [0, 0.05) is 16.6 Å². The molecule has 0 aliphatic rings. The van der Waals surface area contributed by atoms with Crippen LogP contribution in [0.3, 0.4) is 0 Å². The molecule has 2 rings (SSSR count). The Bertz CT molecular complexity index is 748. The number of likely N-dealkylation sites (N-methyl/N-ethyl adjacent to an activating group) is 1. The number of amides is 1. The van der Waals surface area contributed by atoms with E-state index in [1.165, 1.54) is 25.3 Å². The van der Waals surface area contributed by atoms with E-state index in [1.807, 2.05) is 0 Å². The summed E-state index contributed by atoms with van der Waals surface area (Å²) in [5, 5.41) is 2.73. The second-order valence-electron chi connectivity index (χ2n) is 5.67. The fourth-order valence-corrected chi connectivity index (χ4v) is 2.89. The minimum atomic E-state index is -0.644. The summed E-state index contributed by atoms with van der Waals surface area (Å²) >= 11 is 3.32. The standard InChI is InChI=1S/C18H19BrF2N2O2/c1-23(2)16(17-14(20)5-4-6-15(17)21)10-22-18(24)12-9-11(25-3)7-8-13(12)19/h4-9,16H,10H2,1-3H3,(H,22,24). The van der Waals surface area contributed by atoms with Crippen LogP contribution < -0.4 is 10.1 Å². The molecule has 0 heterocycles. The highest BCUT2D eigenvalue weighted by Crippen LogP contribution is 2.25. The molecule has 0 saturated heterocycles. The van der Waals surface area contributed by atoms with Gasteiger partial charge in [0.1, 0.15) is 17.4 Å². The van der Waals surface area contributed by atoms with Crippen LogP contribution >= 0.6 is 15.9 Å². The first-order valence-corrected chi connectivity index (χ1v) is 8.36. The first-order chi connectivity index (χ1) is 11.8. The number of rotatable bonds is 6. The summed E-state index contributed by atoms with van der Waals surface area (Å²) < 4.78 is 33.9. The number of ether oxygens (including phenoxy) is 1. The van der Waals surface area contributed by atoms with Gasteiger partial charge in [0.25, 0.3) is 5.91 Å². The molecule has 2 aromatic carbocycles. The first-order valence-electron chi connectivity index (χ1n) is 7.57. The average Bonchev–Trinajstić information content (AvgIpc) is 2.57. The second kappa shape index (κ2) is 8.40. The molecule has 1 N–H and O–H groups in total. The third kappa shape index (κ3) is 4.55. The predicted octanol–water partition coefficient (Wildman–Crippen LogP) is 3.77. The van der Waals surface area contributed by atoms with Gasteiger partial charge < -0.3 is 15.0 Å². The maximum absolute atomic E-state index is 14.1. The van der Waals surface area contributed by atoms with E-state index in [0.717, 1.165) is 0 Å². The molecule has 134 valence electrons. The van der Waals surface area contributed by atoms with Crippen LogP contribution in [0.4, 0.5) is 8.78 Å². The Kier molecular flexibility index (Phi) is 6.50. The van der Waals surface area contributed by atoms with Crippen molar-refractivity contribution in [3.05, 3.63) is 63.6 Å². The highest BCUT2D eigenvalue weighted by molar-refractivity contribution is 9.10. The molecule has 0 aliphatic heterocycles. The number of methoxy groups -OCH3 is 1. The molecule has 4 nitrogen and oxygen atoms in total. The summed E-state index contributed by atoms with van der Waals surface area (Å²) in [6.45, 7) is 0.0489. The van der Waals surface area contributed by atoms with Gasteiger partial charge in [-0.05, 0) is 60.4 Å². The van der Waals surface area contributed by atoms with Gasteiger partial charge in [-0.2, -0.15) is 0 Å². The van der Waals surface area contributed by atoms with Crippen LogP contribution in [0.5, 0.6) is 5.75 Å². The fraction of sp³-hybridized carbons (Fsp3) is 0.278. The van der Waals surface area contributed by atoms with E-state index in [0.29, 0.717) is 15.8 Å². The third-order valence-corrected chi connectivity index (χ3v) is 4.52. The molecule has 0 aliphatic carbocycles. The summed E-state index contributed by atoms with van der Waals surface area (Å²) in [6, 6.07) is 8.09. The Morgan fingerprint density at radius 1 is 1.24 bits per heavy atom. The van der Waals surface area contributed by atoms with E-state index >= 15 is 0 Å². The molecular weight excluding hydrogens is 394 g/mol. The number of nitrogens with one attached hydrogen (secondary N) is 1. The normalized spacial score (nSPS) is 12.1. The molecule has 0 fully saturated rings. The molecule has 1 atom stereocenters. The van der Waals surface area contributed by atoms with Gasteiger partial charge in [0.15, 0.2) is 0 Å². The summed E-state index contributed by atoms with van der Waals surface area (Å²) in [6.07, 6.45) is 0. The van der Waals surface area contributed by atoms with Gasteiger partial charge >= 0.3 is 0 Å². The monoisotopic (exact) mass is 412 g/mol. The zero-order valence-corrected chi connectivity index (χ0v) is 15.7. The van der Waals surface area contributed by atoms with Gasteiger partial charge in [-0.25, -0.2) is 8.78 Å². The minimum absolute atomic E-state index is 0.0489. The summed E-state index contributed by atoms with van der Waals surface area (Å²) in [5.41, 5.74) is 0.309. The van der Waals surface area contributed by atoms with Crippen LogP contribution in [-0.4, -0.2) is 38.6 Å². The Balaban J connectivity index is 2.21. The van der Waals surface area contributed by atoms with Crippen LogP contribution in [0, 0.1) is 11.6 Å². The summed E-state index contributed by atoms with van der Waals surface area (Å²) in [7, 11) is 4.91. The molecular formula is C18H19BrF2N2O2. The van der Waals surface area contributed by atoms with Gasteiger partial charge in [0.2, 0.25) is 0 Å². The number of hydrogen-bond donors (Lipinski definition) is 1. The molecule has 0 radical (unpaired) electrons. The zero-order chi connectivity index (χ0) is 18.6. The number of carbonyl (C=O) groups excluding carboxylic acids is 1. The first kappa shape index (κ1) is 19.3. The smallest absolute Gasteiger partial charge is 0.252 e. The maximum atomic E-state index is 14.1. The van der Waals surface area contributed by atoms with Gasteiger partial charge in [-0.1, -0.05) is 6.07 Å². The van der Waals surface area contributed by atoms with Gasteiger partial charge in [0.05, 0.1) is 18.7 Å². The molecule has 0 bridgehead atoms. The van der Waals surface area contributed by atoms with Crippen LogP contribution in [-0.2, 0) is 0 Å². The molecule has 0 aromatic heterocycles. The Hall–Kier alpha value is -1.99. The number of benzene rings is 2. The molecule has 0 spiro atoms. The third-order valence-electron chi connectivity index (χ3n) is 3.83. The Morgan fingerprint density at radius 3 is 2.44 bits per heavy atom. The highest BCUT2D eigenvalue weighted by Gasteiger charge is 2.23. The van der Waals surface area contributed by atoms with Crippen LogP contribution in [0.15, 0.2) is 40.9 Å². The lowest BCUT2D eigenvalue weighted by Gasteiger charge is -2.26. The average molecular weight is 413 g/mol. The van der Waals surface area contributed by atoms with Crippen molar-refractivity contribution in [2.45, 2.75) is 6.04 Å². The molecule has 1 amide bonds. The maximum Gasteiger partial charge on any atom is 0.252 e. The van der Waals surface area contributed by atoms with E-state index in [2.05, 4.69) is 21.2 Å². The highest BCUT2D eigenvalue weighted by atomic mass is 79.9. The van der Waals surface area contributed by atoms with Crippen LogP contribution in [0.25, 0.3) is 0 Å². The minimum Gasteiger partial charge on any atom is -0.497 e. The molecule has 2 aromatic rings. The van der Waals surface area contributed by atoms with Crippen molar-refractivity contribution in [3.8, 4) is 5.75 Å². The van der Waals surface area contributed by atoms with E-state index in [1.54, 1.807) is 37.2 Å². The number of hydrogen-bond acceptors (Lipinski definition) is 3. The Labute approximate surface area is 153 Å². The van der Waals surface area contributed by atoms with Crippen molar-refractivity contribution in [1.82, 2.24) is 10.2 Å². The topological polar surface area (TPSA) is 41.6 Å². The van der Waals surface area contributed by atoms with Crippen molar-refractivity contribution >= 4 is 21.8 Å². The predicted molar refractivity (Wildman–Crippen MR) is 95.8 cm³/mol. The van der Waals surface area contributed by atoms with E-state index < -0.39 is 17.7 Å². The fourth-order valence-electron chi connectivity index (χ4n) is 2.46. The van der Waals surface area contributed by atoms with Crippen molar-refractivity contribution in [2.75, 3.05) is 27.7 Å². The second-order valence-corrected chi connectivity index (χ2v) is 6.52.